The lowest BCUT2D eigenvalue weighted by Gasteiger charge is -2.12. The molecule has 1 aromatic rings. The van der Waals surface area contributed by atoms with Gasteiger partial charge in [0.05, 0.1) is 20.8 Å². The molecule has 0 aliphatic rings. The molecule has 0 fully saturated rings. The predicted molar refractivity (Wildman–Crippen MR) is 109 cm³/mol. The number of nitrogens with one attached hydrogen (secondary N) is 2. The van der Waals surface area contributed by atoms with Gasteiger partial charge >= 0.3 is 5.97 Å². The van der Waals surface area contributed by atoms with Crippen molar-refractivity contribution in [3.63, 3.8) is 0 Å². The fraction of sp³-hybridized carbons (Fsp3) is 0.529. The van der Waals surface area contributed by atoms with E-state index >= 15 is 0 Å². The van der Waals surface area contributed by atoms with Gasteiger partial charge in [0, 0.05) is 26.8 Å². The van der Waals surface area contributed by atoms with Crippen LogP contribution >= 0.6 is 24.0 Å². The van der Waals surface area contributed by atoms with Gasteiger partial charge in [-0.25, -0.2) is 9.79 Å². The van der Waals surface area contributed by atoms with E-state index in [0.29, 0.717) is 24.5 Å². The second-order valence-electron chi connectivity index (χ2n) is 4.99. The zero-order valence-corrected chi connectivity index (χ0v) is 17.6. The highest BCUT2D eigenvalue weighted by Gasteiger charge is 2.13. The van der Waals surface area contributed by atoms with E-state index in [1.165, 1.54) is 14.2 Å². The lowest BCUT2D eigenvalue weighted by molar-refractivity contribution is 0.0597. The molecule has 0 saturated heterocycles. The van der Waals surface area contributed by atoms with Gasteiger partial charge in [-0.15, -0.1) is 24.0 Å². The third-order valence-electron chi connectivity index (χ3n) is 3.25. The first-order valence-corrected chi connectivity index (χ1v) is 7.92. The van der Waals surface area contributed by atoms with Crippen molar-refractivity contribution in [2.24, 2.45) is 4.99 Å². The highest BCUT2D eigenvalue weighted by atomic mass is 127. The minimum Gasteiger partial charge on any atom is -0.496 e. The average molecular weight is 465 g/mol. The number of hydrogen-bond acceptors (Lipinski definition) is 5. The van der Waals surface area contributed by atoms with Crippen molar-refractivity contribution in [3.05, 3.63) is 29.3 Å². The number of carbonyl (C=O) groups is 1. The summed E-state index contributed by atoms with van der Waals surface area (Å²) in [5.74, 6) is 0.783. The molecule has 142 valence electrons. The van der Waals surface area contributed by atoms with Gasteiger partial charge in [0.1, 0.15) is 11.3 Å². The number of benzene rings is 1. The Morgan fingerprint density at radius 2 is 1.96 bits per heavy atom. The van der Waals surface area contributed by atoms with Crippen LogP contribution in [0.1, 0.15) is 29.3 Å². The van der Waals surface area contributed by atoms with Gasteiger partial charge < -0.3 is 24.8 Å². The second kappa shape index (κ2) is 13.7. The fourth-order valence-corrected chi connectivity index (χ4v) is 2.06. The molecule has 1 aromatic carbocycles. The van der Waals surface area contributed by atoms with Crippen LogP contribution in [0.25, 0.3) is 0 Å². The Bertz CT molecular complexity index is 553. The van der Waals surface area contributed by atoms with E-state index in [0.717, 1.165) is 31.0 Å². The minimum absolute atomic E-state index is 0. The van der Waals surface area contributed by atoms with E-state index in [1.807, 2.05) is 13.0 Å². The fourth-order valence-electron chi connectivity index (χ4n) is 2.06. The lowest BCUT2D eigenvalue weighted by atomic mass is 10.1. The number of esters is 1. The lowest BCUT2D eigenvalue weighted by Crippen LogP contribution is -2.38. The molecule has 0 radical (unpaired) electrons. The molecule has 0 amide bonds. The Labute approximate surface area is 166 Å². The highest BCUT2D eigenvalue weighted by molar-refractivity contribution is 14.0. The van der Waals surface area contributed by atoms with Crippen LogP contribution in [0, 0.1) is 0 Å². The molecule has 2 N–H and O–H groups in total. The first kappa shape index (κ1) is 23.4. The maximum atomic E-state index is 11.8. The van der Waals surface area contributed by atoms with Gasteiger partial charge in [-0.3, -0.25) is 0 Å². The summed E-state index contributed by atoms with van der Waals surface area (Å²) >= 11 is 0. The van der Waals surface area contributed by atoms with Gasteiger partial charge in [-0.2, -0.15) is 0 Å². The summed E-state index contributed by atoms with van der Waals surface area (Å²) in [5.41, 5.74) is 1.29. The van der Waals surface area contributed by atoms with Crippen LogP contribution in [0.15, 0.2) is 23.2 Å². The first-order chi connectivity index (χ1) is 11.7. The molecule has 0 atom stereocenters. The zero-order chi connectivity index (χ0) is 17.8. The zero-order valence-electron chi connectivity index (χ0n) is 15.3. The highest BCUT2D eigenvalue weighted by Crippen LogP contribution is 2.21. The van der Waals surface area contributed by atoms with E-state index < -0.39 is 5.97 Å². The molecule has 1 rings (SSSR count). The topological polar surface area (TPSA) is 81.2 Å². The molecule has 7 nitrogen and oxygen atoms in total. The van der Waals surface area contributed by atoms with Gasteiger partial charge in [-0.05, 0) is 31.0 Å². The van der Waals surface area contributed by atoms with Crippen LogP contribution in [0.4, 0.5) is 0 Å². The van der Waals surface area contributed by atoms with Crippen LogP contribution in [0.5, 0.6) is 5.75 Å². The molecular formula is C17H28IN3O4. The van der Waals surface area contributed by atoms with Crippen molar-refractivity contribution in [2.45, 2.75) is 19.9 Å². The number of methoxy groups -OCH3 is 3. The number of guanidine groups is 1. The second-order valence-corrected chi connectivity index (χ2v) is 4.99. The maximum absolute atomic E-state index is 11.8. The summed E-state index contributed by atoms with van der Waals surface area (Å²) in [4.78, 5) is 16.3. The number of hydrogen-bond donors (Lipinski definition) is 2. The molecule has 0 spiro atoms. The Balaban J connectivity index is 0.00000576. The quantitative estimate of drug-likeness (QED) is 0.191. The third-order valence-corrected chi connectivity index (χ3v) is 3.25. The number of carbonyl (C=O) groups excluding carboxylic acids is 1. The molecule has 0 bridgehead atoms. The SMILES string of the molecule is CCNC(=NCc1ccc(OC)c(C(=O)OC)c1)NCCCOC.I. The van der Waals surface area contributed by atoms with Crippen molar-refractivity contribution < 1.29 is 19.0 Å². The standard InChI is InChI=1S/C17H27N3O4.HI/c1-5-18-17(19-9-6-10-22-2)20-12-13-7-8-15(23-3)14(11-13)16(21)24-4;/h7-8,11H,5-6,9-10,12H2,1-4H3,(H2,18,19,20);1H. The molecule has 0 aromatic heterocycles. The van der Waals surface area contributed by atoms with E-state index in [2.05, 4.69) is 15.6 Å². The maximum Gasteiger partial charge on any atom is 0.341 e. The molecule has 25 heavy (non-hydrogen) atoms. The van der Waals surface area contributed by atoms with Crippen molar-refractivity contribution >= 4 is 35.9 Å². The Kier molecular flexibility index (Phi) is 12.9. The van der Waals surface area contributed by atoms with E-state index in [4.69, 9.17) is 14.2 Å². The Morgan fingerprint density at radius 1 is 1.20 bits per heavy atom. The molecular weight excluding hydrogens is 437 g/mol. The molecule has 0 aliphatic heterocycles. The normalized spacial score (nSPS) is 10.6. The van der Waals surface area contributed by atoms with Crippen LogP contribution in [-0.4, -0.2) is 53.0 Å². The monoisotopic (exact) mass is 465 g/mol. The van der Waals surface area contributed by atoms with Crippen LogP contribution in [0.2, 0.25) is 0 Å². The Morgan fingerprint density at radius 3 is 2.56 bits per heavy atom. The van der Waals surface area contributed by atoms with Gasteiger partial charge in [0.2, 0.25) is 0 Å². The van der Waals surface area contributed by atoms with E-state index in [-0.39, 0.29) is 24.0 Å². The van der Waals surface area contributed by atoms with E-state index in [1.54, 1.807) is 19.2 Å². The third kappa shape index (κ3) is 8.39. The van der Waals surface area contributed by atoms with Crippen LogP contribution in [0.3, 0.4) is 0 Å². The van der Waals surface area contributed by atoms with Crippen molar-refractivity contribution in [1.29, 1.82) is 0 Å². The molecule has 0 heterocycles. The first-order valence-electron chi connectivity index (χ1n) is 7.92. The summed E-state index contributed by atoms with van der Waals surface area (Å²) in [5, 5.41) is 6.42. The van der Waals surface area contributed by atoms with Crippen LogP contribution < -0.4 is 15.4 Å². The molecule has 0 saturated carbocycles. The summed E-state index contributed by atoms with van der Waals surface area (Å²) in [7, 11) is 4.55. The molecule has 0 aliphatic carbocycles. The predicted octanol–water partition coefficient (Wildman–Crippen LogP) is 2.19. The number of halogens is 1. The van der Waals surface area contributed by atoms with Gasteiger partial charge in [-0.1, -0.05) is 6.07 Å². The van der Waals surface area contributed by atoms with Gasteiger partial charge in [0.15, 0.2) is 5.96 Å². The summed E-state index contributed by atoms with van der Waals surface area (Å²) < 4.78 is 15.0. The Hall–Kier alpha value is -1.55. The molecule has 0 unspecified atom stereocenters. The number of rotatable bonds is 9. The van der Waals surface area contributed by atoms with Crippen molar-refractivity contribution in [3.8, 4) is 5.75 Å². The summed E-state index contributed by atoms with van der Waals surface area (Å²) in [6.45, 7) is 4.69. The summed E-state index contributed by atoms with van der Waals surface area (Å²) in [6.07, 6.45) is 0.899. The largest absolute Gasteiger partial charge is 0.496 e. The average Bonchev–Trinajstić information content (AvgIpc) is 2.62. The number of nitrogens with zero attached hydrogens (tertiary/aromatic N) is 1. The summed E-state index contributed by atoms with van der Waals surface area (Å²) in [6, 6.07) is 5.36. The van der Waals surface area contributed by atoms with E-state index in [9.17, 15) is 4.79 Å². The van der Waals surface area contributed by atoms with Crippen molar-refractivity contribution in [1.82, 2.24) is 10.6 Å². The van der Waals surface area contributed by atoms with Gasteiger partial charge in [0.25, 0.3) is 0 Å². The number of aliphatic imine (C=N–C) groups is 1. The van der Waals surface area contributed by atoms with Crippen molar-refractivity contribution in [2.75, 3.05) is 41.0 Å². The number of ether oxygens (including phenoxy) is 3. The smallest absolute Gasteiger partial charge is 0.341 e. The molecule has 8 heteroatoms. The minimum atomic E-state index is -0.428. The van der Waals surface area contributed by atoms with Crippen LogP contribution in [-0.2, 0) is 16.0 Å².